The topological polar surface area (TPSA) is 76.1 Å². The van der Waals surface area contributed by atoms with Crippen molar-refractivity contribution in [3.8, 4) is 0 Å². The molecular formula is C12H19NO5. The largest absolute Gasteiger partial charge is 0.503 e. The number of ether oxygens (including phenoxy) is 2. The molecular weight excluding hydrogens is 238 g/mol. The smallest absolute Gasteiger partial charge is 0.414 e. The lowest BCUT2D eigenvalue weighted by atomic mass is 10.1. The van der Waals surface area contributed by atoms with E-state index < -0.39 is 23.6 Å². The first-order valence-corrected chi connectivity index (χ1v) is 5.69. The zero-order valence-corrected chi connectivity index (χ0v) is 11.1. The SMILES string of the molecule is COC=C1C[C@H](C(=O)O)CN1C(=O)OC(C)(C)C. The summed E-state index contributed by atoms with van der Waals surface area (Å²) < 4.78 is 10.1. The molecule has 0 unspecified atom stereocenters. The Balaban J connectivity index is 2.82. The predicted molar refractivity (Wildman–Crippen MR) is 63.8 cm³/mol. The lowest BCUT2D eigenvalue weighted by Gasteiger charge is -2.24. The second kappa shape index (κ2) is 5.29. The quantitative estimate of drug-likeness (QED) is 0.763. The van der Waals surface area contributed by atoms with Crippen molar-refractivity contribution >= 4 is 12.1 Å². The van der Waals surface area contributed by atoms with Crippen LogP contribution in [0.15, 0.2) is 12.0 Å². The average molecular weight is 257 g/mol. The van der Waals surface area contributed by atoms with Crippen LogP contribution in [0, 0.1) is 5.92 Å². The highest BCUT2D eigenvalue weighted by atomic mass is 16.6. The Hall–Kier alpha value is -1.72. The predicted octanol–water partition coefficient (Wildman–Crippen LogP) is 1.82. The van der Waals surface area contributed by atoms with Gasteiger partial charge in [0, 0.05) is 13.0 Å². The number of carbonyl (C=O) groups excluding carboxylic acids is 1. The standard InChI is InChI=1S/C12H19NO5/c1-12(2,3)18-11(16)13-6-8(10(14)15)5-9(13)7-17-4/h7-8H,5-6H2,1-4H3,(H,14,15)/t8-/m0/s1. The van der Waals surface area contributed by atoms with Crippen molar-refractivity contribution in [2.75, 3.05) is 13.7 Å². The summed E-state index contributed by atoms with van der Waals surface area (Å²) in [6.45, 7) is 5.39. The summed E-state index contributed by atoms with van der Waals surface area (Å²) in [7, 11) is 1.45. The average Bonchev–Trinajstić information content (AvgIpc) is 2.59. The molecule has 0 aromatic rings. The summed E-state index contributed by atoms with van der Waals surface area (Å²) in [5.74, 6) is -1.54. The van der Waals surface area contributed by atoms with Gasteiger partial charge in [-0.1, -0.05) is 0 Å². The van der Waals surface area contributed by atoms with E-state index in [2.05, 4.69) is 0 Å². The number of likely N-dealkylation sites (tertiary alicyclic amines) is 1. The van der Waals surface area contributed by atoms with E-state index in [1.54, 1.807) is 20.8 Å². The zero-order valence-electron chi connectivity index (χ0n) is 11.1. The number of methoxy groups -OCH3 is 1. The molecule has 1 aliphatic heterocycles. The van der Waals surface area contributed by atoms with Gasteiger partial charge in [0.25, 0.3) is 0 Å². The van der Waals surface area contributed by atoms with Gasteiger partial charge in [-0.25, -0.2) is 4.79 Å². The Morgan fingerprint density at radius 1 is 1.44 bits per heavy atom. The van der Waals surface area contributed by atoms with E-state index in [1.807, 2.05) is 0 Å². The van der Waals surface area contributed by atoms with Crippen LogP contribution in [0.5, 0.6) is 0 Å². The van der Waals surface area contributed by atoms with Crippen LogP contribution in [0.3, 0.4) is 0 Å². The molecule has 0 aliphatic carbocycles. The molecule has 1 amide bonds. The third kappa shape index (κ3) is 3.65. The number of carboxylic acid groups (broad SMARTS) is 1. The fraction of sp³-hybridized carbons (Fsp3) is 0.667. The van der Waals surface area contributed by atoms with Crippen LogP contribution >= 0.6 is 0 Å². The molecule has 0 saturated carbocycles. The number of allylic oxidation sites excluding steroid dienone is 1. The molecule has 1 heterocycles. The second-order valence-electron chi connectivity index (χ2n) is 5.18. The maximum absolute atomic E-state index is 11.9. The molecule has 1 fully saturated rings. The van der Waals surface area contributed by atoms with Gasteiger partial charge in [0.05, 0.1) is 18.7 Å². The summed E-state index contributed by atoms with van der Waals surface area (Å²) in [6, 6.07) is 0. The van der Waals surface area contributed by atoms with Gasteiger partial charge in [-0.15, -0.1) is 0 Å². The number of hydrogen-bond donors (Lipinski definition) is 1. The first-order valence-electron chi connectivity index (χ1n) is 5.69. The van der Waals surface area contributed by atoms with Crippen LogP contribution in [0.4, 0.5) is 4.79 Å². The van der Waals surface area contributed by atoms with E-state index in [4.69, 9.17) is 14.6 Å². The summed E-state index contributed by atoms with van der Waals surface area (Å²) in [5, 5.41) is 8.98. The van der Waals surface area contributed by atoms with Crippen molar-refractivity contribution in [3.63, 3.8) is 0 Å². The summed E-state index contributed by atoms with van der Waals surface area (Å²) in [6.07, 6.45) is 1.10. The number of rotatable bonds is 2. The molecule has 0 radical (unpaired) electrons. The minimum Gasteiger partial charge on any atom is -0.503 e. The molecule has 0 aromatic heterocycles. The molecule has 1 atom stereocenters. The molecule has 6 heteroatoms. The van der Waals surface area contributed by atoms with Gasteiger partial charge in [0.1, 0.15) is 11.9 Å². The minimum absolute atomic E-state index is 0.111. The van der Waals surface area contributed by atoms with Crippen LogP contribution in [0.2, 0.25) is 0 Å². The van der Waals surface area contributed by atoms with Gasteiger partial charge in [0.2, 0.25) is 0 Å². The third-order valence-corrected chi connectivity index (χ3v) is 2.42. The van der Waals surface area contributed by atoms with Gasteiger partial charge < -0.3 is 14.6 Å². The molecule has 1 N–H and O–H groups in total. The van der Waals surface area contributed by atoms with Crippen molar-refractivity contribution in [3.05, 3.63) is 12.0 Å². The van der Waals surface area contributed by atoms with Crippen LogP contribution in [-0.2, 0) is 14.3 Å². The maximum Gasteiger partial charge on any atom is 0.414 e. The lowest BCUT2D eigenvalue weighted by Crippen LogP contribution is -2.35. The van der Waals surface area contributed by atoms with E-state index in [0.29, 0.717) is 5.70 Å². The molecule has 1 aliphatic rings. The second-order valence-corrected chi connectivity index (χ2v) is 5.18. The Bertz CT molecular complexity index is 369. The fourth-order valence-corrected chi connectivity index (χ4v) is 1.69. The van der Waals surface area contributed by atoms with Crippen molar-refractivity contribution in [2.24, 2.45) is 5.92 Å². The molecule has 18 heavy (non-hydrogen) atoms. The Kier molecular flexibility index (Phi) is 4.21. The van der Waals surface area contributed by atoms with E-state index in [9.17, 15) is 9.59 Å². The molecule has 0 spiro atoms. The summed E-state index contributed by atoms with van der Waals surface area (Å²) in [4.78, 5) is 24.2. The van der Waals surface area contributed by atoms with E-state index in [0.717, 1.165) is 0 Å². The molecule has 6 nitrogen and oxygen atoms in total. The number of amides is 1. The first kappa shape index (κ1) is 14.3. The molecule has 1 rings (SSSR count). The minimum atomic E-state index is -0.928. The van der Waals surface area contributed by atoms with E-state index in [-0.39, 0.29) is 13.0 Å². The van der Waals surface area contributed by atoms with Gasteiger partial charge in [-0.2, -0.15) is 0 Å². The maximum atomic E-state index is 11.9. The Morgan fingerprint density at radius 3 is 2.50 bits per heavy atom. The van der Waals surface area contributed by atoms with Gasteiger partial charge in [-0.05, 0) is 20.8 Å². The highest BCUT2D eigenvalue weighted by Crippen LogP contribution is 2.28. The fourth-order valence-electron chi connectivity index (χ4n) is 1.69. The van der Waals surface area contributed by atoms with Gasteiger partial charge >= 0.3 is 12.1 Å². The van der Waals surface area contributed by atoms with Gasteiger partial charge in [-0.3, -0.25) is 9.69 Å². The molecule has 102 valence electrons. The van der Waals surface area contributed by atoms with Crippen molar-refractivity contribution in [2.45, 2.75) is 32.8 Å². The van der Waals surface area contributed by atoms with Crippen LogP contribution in [0.25, 0.3) is 0 Å². The van der Waals surface area contributed by atoms with Crippen LogP contribution < -0.4 is 0 Å². The first-order chi connectivity index (χ1) is 8.24. The Labute approximate surface area is 106 Å². The normalized spacial score (nSPS) is 22.1. The lowest BCUT2D eigenvalue weighted by molar-refractivity contribution is -0.141. The number of hydrogen-bond acceptors (Lipinski definition) is 4. The highest BCUT2D eigenvalue weighted by Gasteiger charge is 2.37. The Morgan fingerprint density at radius 2 is 2.06 bits per heavy atom. The molecule has 0 bridgehead atoms. The van der Waals surface area contributed by atoms with Gasteiger partial charge in [0.15, 0.2) is 0 Å². The molecule has 0 aromatic carbocycles. The highest BCUT2D eigenvalue weighted by molar-refractivity contribution is 5.76. The summed E-state index contributed by atoms with van der Waals surface area (Å²) in [5.41, 5.74) is -0.0875. The number of aliphatic carboxylic acids is 1. The third-order valence-electron chi connectivity index (χ3n) is 2.42. The number of carboxylic acids is 1. The van der Waals surface area contributed by atoms with Crippen molar-refractivity contribution in [1.29, 1.82) is 0 Å². The van der Waals surface area contributed by atoms with E-state index in [1.165, 1.54) is 18.3 Å². The zero-order chi connectivity index (χ0) is 13.9. The van der Waals surface area contributed by atoms with E-state index >= 15 is 0 Å². The number of carbonyl (C=O) groups is 2. The number of nitrogens with zero attached hydrogens (tertiary/aromatic N) is 1. The van der Waals surface area contributed by atoms with Crippen LogP contribution in [0.1, 0.15) is 27.2 Å². The summed E-state index contributed by atoms with van der Waals surface area (Å²) >= 11 is 0. The van der Waals surface area contributed by atoms with Crippen molar-refractivity contribution < 1.29 is 24.2 Å². The monoisotopic (exact) mass is 257 g/mol. The van der Waals surface area contributed by atoms with Crippen LogP contribution in [-0.4, -0.2) is 41.3 Å². The van der Waals surface area contributed by atoms with Crippen molar-refractivity contribution in [1.82, 2.24) is 4.90 Å². The molecule has 1 saturated heterocycles.